The van der Waals surface area contributed by atoms with Crippen LogP contribution in [0.25, 0.3) is 10.9 Å². The SMILES string of the molecule is COC(=O)c1ccccc1NC(=O)N1[C@@H](c2cc(OC)ccc2OC)c2[nH]c3ccccc3c2C[C@H]1C(=O)OC. The van der Waals surface area contributed by atoms with Gasteiger partial charge in [0, 0.05) is 28.6 Å². The van der Waals surface area contributed by atoms with E-state index >= 15 is 0 Å². The number of anilines is 1. The molecule has 0 bridgehead atoms. The number of para-hydroxylation sites is 2. The van der Waals surface area contributed by atoms with Crippen molar-refractivity contribution in [1.29, 1.82) is 0 Å². The lowest BCUT2D eigenvalue weighted by Gasteiger charge is -2.41. The van der Waals surface area contributed by atoms with Crippen LogP contribution in [0.15, 0.2) is 66.7 Å². The summed E-state index contributed by atoms with van der Waals surface area (Å²) in [6.45, 7) is 0. The van der Waals surface area contributed by atoms with Crippen molar-refractivity contribution in [3.8, 4) is 11.5 Å². The molecule has 0 spiro atoms. The molecular formula is C30H29N3O7. The first-order valence-electron chi connectivity index (χ1n) is 12.6. The predicted molar refractivity (Wildman–Crippen MR) is 148 cm³/mol. The third kappa shape index (κ3) is 4.57. The number of nitrogens with one attached hydrogen (secondary N) is 2. The molecule has 1 aliphatic rings. The molecule has 0 aliphatic carbocycles. The van der Waals surface area contributed by atoms with Crippen molar-refractivity contribution < 1.29 is 33.3 Å². The second kappa shape index (κ2) is 11.0. The number of nitrogens with zero attached hydrogens (tertiary/aromatic N) is 1. The summed E-state index contributed by atoms with van der Waals surface area (Å²) in [6, 6.07) is 17.1. The van der Waals surface area contributed by atoms with Gasteiger partial charge in [0.25, 0.3) is 0 Å². The van der Waals surface area contributed by atoms with Gasteiger partial charge in [0.05, 0.1) is 39.7 Å². The normalized spacial score (nSPS) is 16.1. The van der Waals surface area contributed by atoms with Gasteiger partial charge in [-0.25, -0.2) is 14.4 Å². The highest BCUT2D eigenvalue weighted by molar-refractivity contribution is 6.02. The Labute approximate surface area is 230 Å². The molecule has 0 radical (unpaired) electrons. The van der Waals surface area contributed by atoms with E-state index in [0.717, 1.165) is 22.2 Å². The average Bonchev–Trinajstić information content (AvgIpc) is 3.37. The number of hydrogen-bond donors (Lipinski definition) is 2. The molecule has 10 heteroatoms. The number of esters is 2. The second-order valence-electron chi connectivity index (χ2n) is 9.19. The number of urea groups is 1. The second-order valence-corrected chi connectivity index (χ2v) is 9.19. The number of aromatic amines is 1. The lowest BCUT2D eigenvalue weighted by molar-refractivity contribution is -0.146. The summed E-state index contributed by atoms with van der Waals surface area (Å²) in [5, 5.41) is 3.77. The minimum Gasteiger partial charge on any atom is -0.497 e. The van der Waals surface area contributed by atoms with Crippen molar-refractivity contribution in [2.75, 3.05) is 33.8 Å². The molecule has 206 valence electrons. The summed E-state index contributed by atoms with van der Waals surface area (Å²) in [5.41, 5.74) is 3.48. The third-order valence-corrected chi connectivity index (χ3v) is 7.14. The number of aromatic nitrogens is 1. The zero-order valence-corrected chi connectivity index (χ0v) is 22.5. The number of fused-ring (bicyclic) bond motifs is 3. The zero-order valence-electron chi connectivity index (χ0n) is 22.5. The number of H-pyrrole nitrogens is 1. The maximum atomic E-state index is 14.2. The number of methoxy groups -OCH3 is 4. The smallest absolute Gasteiger partial charge is 0.339 e. The van der Waals surface area contributed by atoms with Crippen molar-refractivity contribution in [2.45, 2.75) is 18.5 Å². The largest absolute Gasteiger partial charge is 0.497 e. The van der Waals surface area contributed by atoms with Crippen LogP contribution in [-0.2, 0) is 20.7 Å². The summed E-state index contributed by atoms with van der Waals surface area (Å²) in [7, 11) is 5.64. The number of hydrogen-bond acceptors (Lipinski definition) is 7. The Morgan fingerprint density at radius 1 is 0.900 bits per heavy atom. The van der Waals surface area contributed by atoms with Crippen LogP contribution in [0.4, 0.5) is 10.5 Å². The summed E-state index contributed by atoms with van der Waals surface area (Å²) < 4.78 is 21.3. The van der Waals surface area contributed by atoms with Crippen LogP contribution in [0.2, 0.25) is 0 Å². The zero-order chi connectivity index (χ0) is 28.4. The minimum atomic E-state index is -0.997. The van der Waals surface area contributed by atoms with Gasteiger partial charge in [-0.2, -0.15) is 0 Å². The molecule has 0 saturated carbocycles. The number of rotatable bonds is 6. The van der Waals surface area contributed by atoms with Crippen molar-refractivity contribution in [3.63, 3.8) is 0 Å². The number of amides is 2. The molecule has 2 amide bonds. The summed E-state index contributed by atoms with van der Waals surface area (Å²) in [5.74, 6) is -0.152. The van der Waals surface area contributed by atoms with Crippen LogP contribution in [0.3, 0.4) is 0 Å². The lowest BCUT2D eigenvalue weighted by atomic mass is 9.87. The first kappa shape index (κ1) is 26.6. The third-order valence-electron chi connectivity index (χ3n) is 7.14. The molecule has 40 heavy (non-hydrogen) atoms. The standard InChI is InChI=1S/C30H29N3O7/c1-37-17-13-14-25(38-2)21(15-17)27-26-20(18-9-5-7-11-22(18)31-26)16-24(29(35)40-4)33(27)30(36)32-23-12-8-6-10-19(23)28(34)39-3/h5-15,24,27,31H,16H2,1-4H3,(H,32,36)/t24-,27-/m0/s1. The van der Waals surface area contributed by atoms with Gasteiger partial charge in [0.15, 0.2) is 0 Å². The number of carbonyl (C=O) groups excluding carboxylic acids is 3. The van der Waals surface area contributed by atoms with Gasteiger partial charge in [-0.3, -0.25) is 4.90 Å². The summed E-state index contributed by atoms with van der Waals surface area (Å²) in [4.78, 5) is 44.8. The molecule has 0 unspecified atom stereocenters. The molecule has 0 fully saturated rings. The fourth-order valence-electron chi connectivity index (χ4n) is 5.29. The van der Waals surface area contributed by atoms with Gasteiger partial charge in [-0.15, -0.1) is 0 Å². The molecule has 2 heterocycles. The van der Waals surface area contributed by atoms with E-state index in [2.05, 4.69) is 10.3 Å². The first-order chi connectivity index (χ1) is 19.4. The number of carbonyl (C=O) groups is 3. The molecule has 2 N–H and O–H groups in total. The Balaban J connectivity index is 1.73. The monoisotopic (exact) mass is 543 g/mol. The molecule has 5 rings (SSSR count). The Bertz CT molecular complexity index is 1600. The fourth-order valence-corrected chi connectivity index (χ4v) is 5.29. The van der Waals surface area contributed by atoms with Crippen molar-refractivity contribution in [1.82, 2.24) is 9.88 Å². The highest BCUT2D eigenvalue weighted by atomic mass is 16.5. The minimum absolute atomic E-state index is 0.173. The van der Waals surface area contributed by atoms with E-state index in [1.807, 2.05) is 24.3 Å². The van der Waals surface area contributed by atoms with E-state index in [1.165, 1.54) is 26.2 Å². The van der Waals surface area contributed by atoms with Crippen molar-refractivity contribution >= 4 is 34.6 Å². The highest BCUT2D eigenvalue weighted by Gasteiger charge is 2.45. The number of benzene rings is 3. The van der Waals surface area contributed by atoms with Gasteiger partial charge in [0.1, 0.15) is 23.6 Å². The Hall–Kier alpha value is -4.99. The maximum Gasteiger partial charge on any atom is 0.339 e. The molecule has 1 aromatic heterocycles. The average molecular weight is 544 g/mol. The van der Waals surface area contributed by atoms with E-state index in [9.17, 15) is 14.4 Å². The first-order valence-corrected chi connectivity index (χ1v) is 12.6. The van der Waals surface area contributed by atoms with E-state index in [1.54, 1.807) is 49.6 Å². The van der Waals surface area contributed by atoms with Gasteiger partial charge < -0.3 is 29.2 Å². The maximum absolute atomic E-state index is 14.2. The molecule has 3 aromatic carbocycles. The van der Waals surface area contributed by atoms with Crippen LogP contribution in [0.5, 0.6) is 11.5 Å². The van der Waals surface area contributed by atoms with Crippen molar-refractivity contribution in [2.24, 2.45) is 0 Å². The van der Waals surface area contributed by atoms with E-state index in [4.69, 9.17) is 18.9 Å². The van der Waals surface area contributed by atoms with Crippen LogP contribution in [-0.4, -0.2) is 62.3 Å². The van der Waals surface area contributed by atoms with Gasteiger partial charge >= 0.3 is 18.0 Å². The Kier molecular flexibility index (Phi) is 7.33. The fraction of sp³-hybridized carbons (Fsp3) is 0.233. The van der Waals surface area contributed by atoms with E-state index < -0.39 is 30.1 Å². The summed E-state index contributed by atoms with van der Waals surface area (Å²) in [6.07, 6.45) is 0.209. The van der Waals surface area contributed by atoms with Crippen LogP contribution in [0.1, 0.15) is 33.2 Å². The van der Waals surface area contributed by atoms with Gasteiger partial charge in [0.2, 0.25) is 0 Å². The Morgan fingerprint density at radius 3 is 2.38 bits per heavy atom. The quantitative estimate of drug-likeness (QED) is 0.339. The van der Waals surface area contributed by atoms with Gasteiger partial charge in [-0.05, 0) is 42.0 Å². The molecule has 4 aromatic rings. The van der Waals surface area contributed by atoms with E-state index in [-0.39, 0.29) is 17.7 Å². The number of ether oxygens (including phenoxy) is 4. The molecule has 2 atom stereocenters. The predicted octanol–water partition coefficient (Wildman–Crippen LogP) is 4.69. The van der Waals surface area contributed by atoms with Crippen LogP contribution < -0.4 is 14.8 Å². The molecule has 0 saturated heterocycles. The highest BCUT2D eigenvalue weighted by Crippen LogP contribution is 2.45. The van der Waals surface area contributed by atoms with Crippen LogP contribution >= 0.6 is 0 Å². The topological polar surface area (TPSA) is 119 Å². The molecule has 10 nitrogen and oxygen atoms in total. The van der Waals surface area contributed by atoms with E-state index in [0.29, 0.717) is 17.1 Å². The Morgan fingerprint density at radius 2 is 1.65 bits per heavy atom. The molecular weight excluding hydrogens is 514 g/mol. The summed E-state index contributed by atoms with van der Waals surface area (Å²) >= 11 is 0. The molecule has 1 aliphatic heterocycles. The van der Waals surface area contributed by atoms with Crippen molar-refractivity contribution in [3.05, 3.63) is 89.1 Å². The van der Waals surface area contributed by atoms with Gasteiger partial charge in [-0.1, -0.05) is 30.3 Å². The van der Waals surface area contributed by atoms with Crippen LogP contribution in [0, 0.1) is 0 Å². The lowest BCUT2D eigenvalue weighted by Crippen LogP contribution is -2.53.